The summed E-state index contributed by atoms with van der Waals surface area (Å²) in [6.07, 6.45) is 1.46. The average Bonchev–Trinajstić information content (AvgIpc) is 2.56. The van der Waals surface area contributed by atoms with Crippen molar-refractivity contribution in [3.05, 3.63) is 45.9 Å². The molecule has 0 saturated carbocycles. The van der Waals surface area contributed by atoms with Gasteiger partial charge in [0.2, 0.25) is 0 Å². The Labute approximate surface area is 135 Å². The number of benzene rings is 1. The largest absolute Gasteiger partial charge is 0.495 e. The van der Waals surface area contributed by atoms with Crippen molar-refractivity contribution in [2.24, 2.45) is 5.73 Å². The molecule has 0 amide bonds. The van der Waals surface area contributed by atoms with Gasteiger partial charge in [-0.05, 0) is 44.4 Å². The second-order valence-electron chi connectivity index (χ2n) is 5.24. The molecule has 0 unspecified atom stereocenters. The number of hydrogen-bond donors (Lipinski definition) is 1. The van der Waals surface area contributed by atoms with E-state index in [1.54, 1.807) is 13.2 Å². The quantitative estimate of drug-likeness (QED) is 0.626. The maximum Gasteiger partial charge on any atom is 0.347 e. The molecule has 2 rings (SSSR count). The molecule has 2 N–H and O–H groups in total. The van der Waals surface area contributed by atoms with E-state index in [1.165, 1.54) is 0 Å². The molecule has 1 aromatic carbocycles. The fourth-order valence-corrected chi connectivity index (χ4v) is 2.51. The second kappa shape index (κ2) is 7.83. The Bertz CT molecular complexity index is 761. The van der Waals surface area contributed by atoms with Crippen LogP contribution in [0.4, 0.5) is 0 Å². The number of hydrogen-bond acceptors (Lipinski definition) is 5. The Morgan fingerprint density at radius 2 is 2.04 bits per heavy atom. The van der Waals surface area contributed by atoms with E-state index in [-0.39, 0.29) is 0 Å². The summed E-state index contributed by atoms with van der Waals surface area (Å²) in [5.41, 5.74) is 7.94. The predicted octanol–water partition coefficient (Wildman–Crippen LogP) is 3.31. The minimum Gasteiger partial charge on any atom is -0.495 e. The van der Waals surface area contributed by atoms with E-state index in [9.17, 15) is 4.79 Å². The third-order valence-electron chi connectivity index (χ3n) is 3.77. The Kier molecular flexibility index (Phi) is 5.82. The van der Waals surface area contributed by atoms with Crippen LogP contribution in [0.5, 0.6) is 5.75 Å². The molecule has 1 heterocycles. The standard InChI is InChI=1S/C18H23NO4/c1-4-22-11-7-9-14(19)12(2)16-17(21-3)13-8-5-6-10-15(13)23-18(16)20/h5-6,8,10H,4,7,9,11,19H2,1-3H3/b14-12-. The first-order chi connectivity index (χ1) is 11.1. The Morgan fingerprint density at radius 1 is 1.30 bits per heavy atom. The third-order valence-corrected chi connectivity index (χ3v) is 3.77. The minimum absolute atomic E-state index is 0.389. The van der Waals surface area contributed by atoms with Crippen LogP contribution in [-0.4, -0.2) is 20.3 Å². The van der Waals surface area contributed by atoms with Gasteiger partial charge in [-0.2, -0.15) is 0 Å². The van der Waals surface area contributed by atoms with Gasteiger partial charge in [-0.25, -0.2) is 4.79 Å². The Hall–Kier alpha value is -2.27. The molecule has 1 aromatic heterocycles. The molecule has 124 valence electrons. The molecule has 2 aromatic rings. The number of methoxy groups -OCH3 is 1. The van der Waals surface area contributed by atoms with Crippen LogP contribution < -0.4 is 16.1 Å². The van der Waals surface area contributed by atoms with Gasteiger partial charge in [0.1, 0.15) is 16.9 Å². The number of rotatable bonds is 7. The molecule has 0 aliphatic carbocycles. The maximum absolute atomic E-state index is 12.4. The first kappa shape index (κ1) is 17.1. The molecule has 5 heteroatoms. The van der Waals surface area contributed by atoms with Gasteiger partial charge < -0.3 is 19.6 Å². The summed E-state index contributed by atoms with van der Waals surface area (Å²) >= 11 is 0. The third kappa shape index (κ3) is 3.74. The SMILES string of the molecule is CCOCCC/C(N)=C(\C)c1c(OC)c2ccccc2oc1=O. The van der Waals surface area contributed by atoms with Crippen molar-refractivity contribution in [2.75, 3.05) is 20.3 Å². The number of ether oxygens (including phenoxy) is 2. The zero-order valence-corrected chi connectivity index (χ0v) is 13.8. The van der Waals surface area contributed by atoms with Gasteiger partial charge in [-0.3, -0.25) is 0 Å². The highest BCUT2D eigenvalue weighted by Gasteiger charge is 2.18. The molecule has 0 radical (unpaired) electrons. The fourth-order valence-electron chi connectivity index (χ4n) is 2.51. The van der Waals surface area contributed by atoms with Crippen LogP contribution in [0.2, 0.25) is 0 Å². The van der Waals surface area contributed by atoms with Crippen LogP contribution in [0.25, 0.3) is 16.5 Å². The van der Waals surface area contributed by atoms with E-state index in [2.05, 4.69) is 0 Å². The van der Waals surface area contributed by atoms with Crippen molar-refractivity contribution in [1.82, 2.24) is 0 Å². The number of nitrogens with two attached hydrogens (primary N) is 1. The van der Waals surface area contributed by atoms with Crippen LogP contribution in [0.1, 0.15) is 32.3 Å². The van der Waals surface area contributed by atoms with E-state index in [0.29, 0.717) is 47.8 Å². The summed E-state index contributed by atoms with van der Waals surface area (Å²) in [4.78, 5) is 12.4. The zero-order chi connectivity index (χ0) is 16.8. The summed E-state index contributed by atoms with van der Waals surface area (Å²) in [5.74, 6) is 0.502. The molecule has 0 atom stereocenters. The van der Waals surface area contributed by atoms with Gasteiger partial charge in [0.05, 0.1) is 12.5 Å². The van der Waals surface area contributed by atoms with Crippen LogP contribution in [0, 0.1) is 0 Å². The lowest BCUT2D eigenvalue weighted by atomic mass is 10.0. The highest BCUT2D eigenvalue weighted by molar-refractivity contribution is 5.89. The molecule has 0 bridgehead atoms. The maximum atomic E-state index is 12.4. The van der Waals surface area contributed by atoms with Crippen molar-refractivity contribution in [3.63, 3.8) is 0 Å². The van der Waals surface area contributed by atoms with E-state index in [1.807, 2.05) is 32.0 Å². The predicted molar refractivity (Wildman–Crippen MR) is 91.5 cm³/mol. The zero-order valence-electron chi connectivity index (χ0n) is 13.8. The summed E-state index contributed by atoms with van der Waals surface area (Å²) in [7, 11) is 1.54. The summed E-state index contributed by atoms with van der Waals surface area (Å²) in [6, 6.07) is 7.29. The van der Waals surface area contributed by atoms with Crippen molar-refractivity contribution in [1.29, 1.82) is 0 Å². The highest BCUT2D eigenvalue weighted by Crippen LogP contribution is 2.32. The second-order valence-corrected chi connectivity index (χ2v) is 5.24. The highest BCUT2D eigenvalue weighted by atomic mass is 16.5. The molecule has 0 aliphatic heterocycles. The van der Waals surface area contributed by atoms with Crippen LogP contribution in [0.3, 0.4) is 0 Å². The Balaban J connectivity index is 2.45. The molecule has 0 aliphatic rings. The van der Waals surface area contributed by atoms with Crippen molar-refractivity contribution in [2.45, 2.75) is 26.7 Å². The lowest BCUT2D eigenvalue weighted by Gasteiger charge is -2.13. The van der Waals surface area contributed by atoms with E-state index in [0.717, 1.165) is 11.8 Å². The van der Waals surface area contributed by atoms with Gasteiger partial charge in [0.15, 0.2) is 0 Å². The van der Waals surface area contributed by atoms with Crippen LogP contribution in [0.15, 0.2) is 39.2 Å². The van der Waals surface area contributed by atoms with Gasteiger partial charge in [-0.1, -0.05) is 12.1 Å². The molecular weight excluding hydrogens is 294 g/mol. The summed E-state index contributed by atoms with van der Waals surface area (Å²) in [5, 5.41) is 0.756. The first-order valence-corrected chi connectivity index (χ1v) is 7.73. The van der Waals surface area contributed by atoms with Gasteiger partial charge in [0, 0.05) is 18.9 Å². The monoisotopic (exact) mass is 317 g/mol. The molecule has 0 fully saturated rings. The van der Waals surface area contributed by atoms with Gasteiger partial charge >= 0.3 is 5.63 Å². The van der Waals surface area contributed by atoms with Crippen LogP contribution >= 0.6 is 0 Å². The van der Waals surface area contributed by atoms with Crippen LogP contribution in [-0.2, 0) is 4.74 Å². The van der Waals surface area contributed by atoms with E-state index >= 15 is 0 Å². The average molecular weight is 317 g/mol. The van der Waals surface area contributed by atoms with Gasteiger partial charge in [0.25, 0.3) is 0 Å². The number of para-hydroxylation sites is 1. The van der Waals surface area contributed by atoms with Crippen molar-refractivity contribution < 1.29 is 13.9 Å². The molecule has 23 heavy (non-hydrogen) atoms. The van der Waals surface area contributed by atoms with Crippen molar-refractivity contribution in [3.8, 4) is 5.75 Å². The van der Waals surface area contributed by atoms with Crippen molar-refractivity contribution >= 4 is 16.5 Å². The molecule has 5 nitrogen and oxygen atoms in total. The Morgan fingerprint density at radius 3 is 2.74 bits per heavy atom. The number of allylic oxidation sites excluding steroid dienone is 2. The number of fused-ring (bicyclic) bond motifs is 1. The van der Waals surface area contributed by atoms with Gasteiger partial charge in [-0.15, -0.1) is 0 Å². The first-order valence-electron chi connectivity index (χ1n) is 7.73. The lowest BCUT2D eigenvalue weighted by molar-refractivity contribution is 0.145. The normalized spacial score (nSPS) is 12.3. The molecule has 0 saturated heterocycles. The van der Waals surface area contributed by atoms with E-state index < -0.39 is 5.63 Å². The molecular formula is C18H23NO4. The smallest absolute Gasteiger partial charge is 0.347 e. The summed E-state index contributed by atoms with van der Waals surface area (Å²) in [6.45, 7) is 5.10. The minimum atomic E-state index is -0.439. The fraction of sp³-hybridized carbons (Fsp3) is 0.389. The summed E-state index contributed by atoms with van der Waals surface area (Å²) < 4.78 is 16.2. The topological polar surface area (TPSA) is 74.7 Å². The lowest BCUT2D eigenvalue weighted by Crippen LogP contribution is -2.12. The van der Waals surface area contributed by atoms with E-state index in [4.69, 9.17) is 19.6 Å². The molecule has 0 spiro atoms.